The smallest absolute Gasteiger partial charge is 0.306 e. The van der Waals surface area contributed by atoms with Crippen molar-refractivity contribution in [3.63, 3.8) is 0 Å². The molecule has 0 aliphatic rings. The average molecular weight is 257 g/mol. The van der Waals surface area contributed by atoms with E-state index in [9.17, 15) is 4.79 Å². The minimum Gasteiger partial charge on any atom is -0.481 e. The van der Waals surface area contributed by atoms with Gasteiger partial charge in [-0.2, -0.15) is 0 Å². The first-order chi connectivity index (χ1) is 6.50. The van der Waals surface area contributed by atoms with Gasteiger partial charge in [0.2, 0.25) is 0 Å². The van der Waals surface area contributed by atoms with Crippen LogP contribution in [0.2, 0.25) is 0 Å². The predicted molar refractivity (Wildman–Crippen MR) is 59.4 cm³/mol. The van der Waals surface area contributed by atoms with Gasteiger partial charge in [-0.05, 0) is 25.0 Å². The fourth-order valence-electron chi connectivity index (χ4n) is 1.28. The van der Waals surface area contributed by atoms with Crippen LogP contribution < -0.4 is 0 Å². The van der Waals surface area contributed by atoms with E-state index in [1.165, 1.54) is 0 Å². The van der Waals surface area contributed by atoms with Gasteiger partial charge < -0.3 is 5.11 Å². The number of hydrogen-bond donors (Lipinski definition) is 1. The first kappa shape index (κ1) is 11.2. The summed E-state index contributed by atoms with van der Waals surface area (Å²) in [7, 11) is 0. The number of hydrogen-bond acceptors (Lipinski definition) is 1. The summed E-state index contributed by atoms with van der Waals surface area (Å²) in [5, 5.41) is 8.79. The van der Waals surface area contributed by atoms with Gasteiger partial charge in [-0.1, -0.05) is 40.5 Å². The van der Waals surface area contributed by atoms with E-state index < -0.39 is 5.97 Å². The van der Waals surface area contributed by atoms with Crippen molar-refractivity contribution >= 4 is 21.9 Å². The molecule has 1 aromatic rings. The molecule has 0 aliphatic heterocycles. The number of rotatable bonds is 3. The molecule has 0 heterocycles. The molecule has 0 radical (unpaired) electrons. The van der Waals surface area contributed by atoms with E-state index in [1.807, 2.05) is 25.1 Å². The molecule has 0 saturated heterocycles. The lowest BCUT2D eigenvalue weighted by molar-refractivity contribution is -0.141. The minimum absolute atomic E-state index is 0.340. The summed E-state index contributed by atoms with van der Waals surface area (Å²) < 4.78 is 0.983. The Hall–Kier alpha value is -0.830. The summed E-state index contributed by atoms with van der Waals surface area (Å²) in [6, 6.07) is 5.97. The standard InChI is InChI=1S/C11H13BrO2/c1-7-3-4-10(12)9(5-7)6-8(2)11(13)14/h3-5,8H,6H2,1-2H3,(H,13,14). The quantitative estimate of drug-likeness (QED) is 0.903. The summed E-state index contributed by atoms with van der Waals surface area (Å²) in [5.74, 6) is -1.09. The van der Waals surface area contributed by atoms with Crippen LogP contribution >= 0.6 is 15.9 Å². The summed E-state index contributed by atoms with van der Waals surface area (Å²) in [4.78, 5) is 10.7. The average Bonchev–Trinajstić information content (AvgIpc) is 2.11. The van der Waals surface area contributed by atoms with E-state index in [2.05, 4.69) is 15.9 Å². The van der Waals surface area contributed by atoms with Crippen molar-refractivity contribution in [2.45, 2.75) is 20.3 Å². The largest absolute Gasteiger partial charge is 0.481 e. The fourth-order valence-corrected chi connectivity index (χ4v) is 1.69. The van der Waals surface area contributed by atoms with E-state index >= 15 is 0 Å². The molecule has 0 aromatic heterocycles. The Kier molecular flexibility index (Phi) is 3.69. The number of carbonyl (C=O) groups is 1. The summed E-state index contributed by atoms with van der Waals surface area (Å²) in [6.07, 6.45) is 0.567. The Balaban J connectivity index is 2.85. The Morgan fingerprint density at radius 1 is 1.57 bits per heavy atom. The first-order valence-corrected chi connectivity index (χ1v) is 5.28. The van der Waals surface area contributed by atoms with Crippen molar-refractivity contribution in [3.8, 4) is 0 Å². The van der Waals surface area contributed by atoms with E-state index in [1.54, 1.807) is 6.92 Å². The molecule has 3 heteroatoms. The second-order valence-corrected chi connectivity index (χ2v) is 4.39. The van der Waals surface area contributed by atoms with Gasteiger partial charge in [0.15, 0.2) is 0 Å². The Morgan fingerprint density at radius 3 is 2.79 bits per heavy atom. The lowest BCUT2D eigenvalue weighted by Crippen LogP contribution is -2.12. The number of carboxylic acids is 1. The van der Waals surface area contributed by atoms with Crippen LogP contribution in [-0.4, -0.2) is 11.1 Å². The summed E-state index contributed by atoms with van der Waals surface area (Å²) in [6.45, 7) is 3.72. The zero-order valence-electron chi connectivity index (χ0n) is 8.25. The molecule has 1 atom stereocenters. The van der Waals surface area contributed by atoms with E-state index in [0.717, 1.165) is 15.6 Å². The topological polar surface area (TPSA) is 37.3 Å². The molecule has 1 aromatic carbocycles. The Bertz CT molecular complexity index is 347. The predicted octanol–water partition coefficient (Wildman–Crippen LogP) is 3.02. The Labute approximate surface area is 92.1 Å². The molecule has 0 bridgehead atoms. The molecule has 0 fully saturated rings. The molecule has 0 amide bonds. The fraction of sp³-hybridized carbons (Fsp3) is 0.364. The number of aliphatic carboxylic acids is 1. The highest BCUT2D eigenvalue weighted by molar-refractivity contribution is 9.10. The van der Waals surface area contributed by atoms with Crippen molar-refractivity contribution in [2.75, 3.05) is 0 Å². The highest BCUT2D eigenvalue weighted by Crippen LogP contribution is 2.21. The summed E-state index contributed by atoms with van der Waals surface area (Å²) >= 11 is 3.42. The normalized spacial score (nSPS) is 12.5. The van der Waals surface area contributed by atoms with E-state index in [0.29, 0.717) is 6.42 Å². The van der Waals surface area contributed by atoms with Crippen molar-refractivity contribution < 1.29 is 9.90 Å². The van der Waals surface area contributed by atoms with Gasteiger partial charge in [0.05, 0.1) is 5.92 Å². The van der Waals surface area contributed by atoms with Crippen molar-refractivity contribution in [2.24, 2.45) is 5.92 Å². The van der Waals surface area contributed by atoms with Crippen LogP contribution in [0.3, 0.4) is 0 Å². The minimum atomic E-state index is -0.751. The van der Waals surface area contributed by atoms with Gasteiger partial charge >= 0.3 is 5.97 Å². The third-order valence-corrected chi connectivity index (χ3v) is 2.92. The van der Waals surface area contributed by atoms with Gasteiger partial charge in [0, 0.05) is 4.47 Å². The summed E-state index contributed by atoms with van der Waals surface area (Å²) in [5.41, 5.74) is 2.21. The molecule has 0 spiro atoms. The maximum Gasteiger partial charge on any atom is 0.306 e. The van der Waals surface area contributed by atoms with Gasteiger partial charge in [-0.3, -0.25) is 4.79 Å². The van der Waals surface area contributed by atoms with Crippen LogP contribution in [0.4, 0.5) is 0 Å². The number of carboxylic acid groups (broad SMARTS) is 1. The lowest BCUT2D eigenvalue weighted by atomic mass is 10.00. The highest BCUT2D eigenvalue weighted by Gasteiger charge is 2.13. The number of aryl methyl sites for hydroxylation is 1. The van der Waals surface area contributed by atoms with Gasteiger partial charge in [-0.25, -0.2) is 0 Å². The molecule has 76 valence electrons. The molecule has 14 heavy (non-hydrogen) atoms. The van der Waals surface area contributed by atoms with Crippen LogP contribution in [0.1, 0.15) is 18.1 Å². The SMILES string of the molecule is Cc1ccc(Br)c(CC(C)C(=O)O)c1. The third-order valence-electron chi connectivity index (χ3n) is 2.15. The molecule has 1 rings (SSSR count). The van der Waals surface area contributed by atoms with Crippen LogP contribution in [-0.2, 0) is 11.2 Å². The molecular weight excluding hydrogens is 244 g/mol. The van der Waals surface area contributed by atoms with E-state index in [4.69, 9.17) is 5.11 Å². The molecule has 0 aliphatic carbocycles. The van der Waals surface area contributed by atoms with Crippen LogP contribution in [0.15, 0.2) is 22.7 Å². The zero-order chi connectivity index (χ0) is 10.7. The second-order valence-electron chi connectivity index (χ2n) is 3.54. The van der Waals surface area contributed by atoms with Crippen molar-refractivity contribution in [3.05, 3.63) is 33.8 Å². The second kappa shape index (κ2) is 4.60. The van der Waals surface area contributed by atoms with E-state index in [-0.39, 0.29) is 5.92 Å². The maximum atomic E-state index is 10.7. The van der Waals surface area contributed by atoms with Gasteiger partial charge in [0.1, 0.15) is 0 Å². The zero-order valence-corrected chi connectivity index (χ0v) is 9.84. The number of benzene rings is 1. The Morgan fingerprint density at radius 2 is 2.21 bits per heavy atom. The maximum absolute atomic E-state index is 10.7. The molecule has 2 nitrogen and oxygen atoms in total. The molecule has 1 N–H and O–H groups in total. The first-order valence-electron chi connectivity index (χ1n) is 4.48. The molecular formula is C11H13BrO2. The number of halogens is 1. The highest BCUT2D eigenvalue weighted by atomic mass is 79.9. The van der Waals surface area contributed by atoms with Gasteiger partial charge in [0.25, 0.3) is 0 Å². The van der Waals surface area contributed by atoms with Crippen molar-refractivity contribution in [1.82, 2.24) is 0 Å². The van der Waals surface area contributed by atoms with Gasteiger partial charge in [-0.15, -0.1) is 0 Å². The van der Waals surface area contributed by atoms with Crippen molar-refractivity contribution in [1.29, 1.82) is 0 Å². The molecule has 0 saturated carbocycles. The van der Waals surface area contributed by atoms with Crippen LogP contribution in [0.5, 0.6) is 0 Å². The third kappa shape index (κ3) is 2.84. The van der Waals surface area contributed by atoms with Crippen LogP contribution in [0.25, 0.3) is 0 Å². The molecule has 1 unspecified atom stereocenters. The van der Waals surface area contributed by atoms with Crippen LogP contribution in [0, 0.1) is 12.8 Å². The monoisotopic (exact) mass is 256 g/mol. The lowest BCUT2D eigenvalue weighted by Gasteiger charge is -2.08.